The summed E-state index contributed by atoms with van der Waals surface area (Å²) in [6.45, 7) is 2.74. The minimum absolute atomic E-state index is 0. The van der Waals surface area contributed by atoms with Gasteiger partial charge >= 0.3 is 0 Å². The summed E-state index contributed by atoms with van der Waals surface area (Å²) in [6, 6.07) is 14.1. The van der Waals surface area contributed by atoms with Gasteiger partial charge < -0.3 is 25.8 Å². The molecule has 30 heavy (non-hydrogen) atoms. The Bertz CT molecular complexity index is 984. The number of aliphatic hydroxyl groups excluding tert-OH is 1. The fourth-order valence-corrected chi connectivity index (χ4v) is 3.75. The van der Waals surface area contributed by atoms with Crippen LogP contribution in [-0.2, 0) is 13.2 Å². The Hall–Kier alpha value is -2.83. The number of nitrogens with one attached hydrogen (secondary N) is 1. The molecule has 160 valence electrons. The Morgan fingerprint density at radius 2 is 1.97 bits per heavy atom. The van der Waals surface area contributed by atoms with Crippen LogP contribution in [0.3, 0.4) is 0 Å². The average molecular weight is 409 g/mol. The van der Waals surface area contributed by atoms with Gasteiger partial charge in [0.1, 0.15) is 17.7 Å². The number of anilines is 2. The van der Waals surface area contributed by atoms with E-state index in [1.807, 2.05) is 30.3 Å². The van der Waals surface area contributed by atoms with E-state index in [1.54, 1.807) is 6.20 Å². The molecular formula is C24H32N4O2. The molecule has 2 heterocycles. The lowest BCUT2D eigenvalue weighted by Crippen LogP contribution is -2.35. The molecule has 0 unspecified atom stereocenters. The second-order valence-corrected chi connectivity index (χ2v) is 7.71. The van der Waals surface area contributed by atoms with Crippen LogP contribution in [0.25, 0.3) is 10.8 Å². The maximum atomic E-state index is 9.69. The predicted molar refractivity (Wildman–Crippen MR) is 124 cm³/mol. The van der Waals surface area contributed by atoms with Crippen LogP contribution in [-0.4, -0.2) is 41.2 Å². The highest BCUT2D eigenvalue weighted by atomic mass is 16.5. The van der Waals surface area contributed by atoms with E-state index >= 15 is 0 Å². The number of fused-ring (bicyclic) bond motifs is 1. The van der Waals surface area contributed by atoms with Gasteiger partial charge in [0.2, 0.25) is 0 Å². The van der Waals surface area contributed by atoms with E-state index in [2.05, 4.69) is 34.4 Å². The van der Waals surface area contributed by atoms with Crippen molar-refractivity contribution < 1.29 is 9.84 Å². The summed E-state index contributed by atoms with van der Waals surface area (Å²) in [5.74, 6) is 1.32. The molecular weight excluding hydrogens is 376 g/mol. The molecule has 0 amide bonds. The third-order valence-corrected chi connectivity index (χ3v) is 5.55. The minimum atomic E-state index is -0.0254. The van der Waals surface area contributed by atoms with Crippen molar-refractivity contribution in [1.29, 1.82) is 0 Å². The number of rotatable bonds is 6. The maximum absolute atomic E-state index is 9.69. The third-order valence-electron chi connectivity index (χ3n) is 5.55. The van der Waals surface area contributed by atoms with Gasteiger partial charge in [-0.3, -0.25) is 0 Å². The number of nitrogen functional groups attached to an aromatic ring is 1. The number of nitrogens with zero attached hydrogens (tertiary/aromatic N) is 2. The maximum Gasteiger partial charge on any atom is 0.131 e. The van der Waals surface area contributed by atoms with E-state index in [0.29, 0.717) is 12.4 Å². The van der Waals surface area contributed by atoms with Gasteiger partial charge in [-0.25, -0.2) is 4.98 Å². The van der Waals surface area contributed by atoms with Gasteiger partial charge in [-0.1, -0.05) is 25.6 Å². The Labute approximate surface area is 178 Å². The van der Waals surface area contributed by atoms with Crippen LogP contribution in [0, 0.1) is 0 Å². The Morgan fingerprint density at radius 1 is 1.17 bits per heavy atom. The van der Waals surface area contributed by atoms with Crippen molar-refractivity contribution in [3.8, 4) is 5.75 Å². The van der Waals surface area contributed by atoms with Gasteiger partial charge in [0.05, 0.1) is 6.61 Å². The molecule has 4 rings (SSSR count). The fourth-order valence-electron chi connectivity index (χ4n) is 3.75. The largest absolute Gasteiger partial charge is 0.490 e. The van der Waals surface area contributed by atoms with Gasteiger partial charge in [0.25, 0.3) is 0 Å². The Balaban J connectivity index is 0.00000256. The molecule has 4 N–H and O–H groups in total. The summed E-state index contributed by atoms with van der Waals surface area (Å²) in [5, 5.41) is 15.2. The Kier molecular flexibility index (Phi) is 7.13. The number of aliphatic hydroxyl groups is 1. The van der Waals surface area contributed by atoms with Crippen molar-refractivity contribution in [2.75, 3.05) is 31.2 Å². The van der Waals surface area contributed by atoms with Gasteiger partial charge in [-0.05, 0) is 49.0 Å². The molecule has 6 heteroatoms. The second kappa shape index (κ2) is 9.78. The summed E-state index contributed by atoms with van der Waals surface area (Å²) >= 11 is 0. The van der Waals surface area contributed by atoms with Gasteiger partial charge in [-0.2, -0.15) is 0 Å². The first-order valence-electron chi connectivity index (χ1n) is 10.1. The van der Waals surface area contributed by atoms with E-state index in [-0.39, 0.29) is 20.1 Å². The van der Waals surface area contributed by atoms with E-state index in [1.165, 1.54) is 0 Å². The highest BCUT2D eigenvalue weighted by molar-refractivity contribution is 5.91. The molecule has 1 saturated heterocycles. The zero-order chi connectivity index (χ0) is 20.2. The first kappa shape index (κ1) is 21.9. The van der Waals surface area contributed by atoms with Crippen molar-refractivity contribution in [2.45, 2.75) is 39.5 Å². The number of likely N-dealkylation sites (tertiary alicyclic amines) is 1. The number of ether oxygens (including phenoxy) is 1. The molecule has 1 fully saturated rings. The molecule has 2 aromatic carbocycles. The van der Waals surface area contributed by atoms with Crippen LogP contribution < -0.4 is 15.8 Å². The van der Waals surface area contributed by atoms with Gasteiger partial charge in [0.15, 0.2) is 0 Å². The second-order valence-electron chi connectivity index (χ2n) is 7.71. The molecule has 0 spiro atoms. The number of pyridine rings is 1. The van der Waals surface area contributed by atoms with Gasteiger partial charge in [0, 0.05) is 48.5 Å². The normalized spacial score (nSPS) is 15.0. The lowest BCUT2D eigenvalue weighted by Gasteiger charge is -2.30. The number of hydrogen-bond donors (Lipinski definition) is 3. The fraction of sp³-hybridized carbons (Fsp3) is 0.375. The molecule has 0 atom stereocenters. The van der Waals surface area contributed by atoms with Crippen LogP contribution in [0.5, 0.6) is 5.75 Å². The third kappa shape index (κ3) is 5.01. The summed E-state index contributed by atoms with van der Waals surface area (Å²) in [7, 11) is 2.14. The summed E-state index contributed by atoms with van der Waals surface area (Å²) in [5.41, 5.74) is 8.89. The molecule has 0 bridgehead atoms. The van der Waals surface area contributed by atoms with Crippen molar-refractivity contribution >= 4 is 22.3 Å². The minimum Gasteiger partial charge on any atom is -0.490 e. The smallest absolute Gasteiger partial charge is 0.131 e. The SMILES string of the molecule is C.CN1CCC(Oc2cc(NCc3ccc4c(N)nccc4c3)ccc2CO)CC1. The van der Waals surface area contributed by atoms with Crippen LogP contribution in [0.15, 0.2) is 48.7 Å². The van der Waals surface area contributed by atoms with Gasteiger partial charge in [-0.15, -0.1) is 0 Å². The number of benzene rings is 2. The van der Waals surface area contributed by atoms with Crippen LogP contribution in [0.1, 0.15) is 31.4 Å². The standard InChI is InChI=1S/C23H28N4O2.CH4/c1-27-10-7-20(8-11-27)29-22-13-19(4-3-18(22)15-28)26-14-16-2-5-21-17(12-16)6-9-25-23(21)24;/h2-6,9,12-13,20,26,28H,7-8,10-11,14-15H2,1H3,(H2,24,25);1H4. The molecule has 1 aromatic heterocycles. The summed E-state index contributed by atoms with van der Waals surface area (Å²) in [6.07, 6.45) is 3.95. The average Bonchev–Trinajstić information content (AvgIpc) is 2.74. The number of hydrogen-bond acceptors (Lipinski definition) is 6. The lowest BCUT2D eigenvalue weighted by molar-refractivity contribution is 0.111. The molecule has 6 nitrogen and oxygen atoms in total. The van der Waals surface area contributed by atoms with Crippen LogP contribution >= 0.6 is 0 Å². The molecule has 0 aliphatic carbocycles. The highest BCUT2D eigenvalue weighted by Gasteiger charge is 2.19. The van der Waals surface area contributed by atoms with Crippen molar-refractivity contribution in [1.82, 2.24) is 9.88 Å². The molecule has 1 aliphatic rings. The summed E-state index contributed by atoms with van der Waals surface area (Å²) in [4.78, 5) is 6.45. The lowest BCUT2D eigenvalue weighted by atomic mass is 10.1. The van der Waals surface area contributed by atoms with E-state index in [4.69, 9.17) is 10.5 Å². The zero-order valence-corrected chi connectivity index (χ0v) is 16.8. The van der Waals surface area contributed by atoms with E-state index in [0.717, 1.165) is 59.3 Å². The predicted octanol–water partition coefficient (Wildman–Crippen LogP) is 4.03. The number of piperidine rings is 1. The first-order chi connectivity index (χ1) is 14.1. The number of aromatic nitrogens is 1. The Morgan fingerprint density at radius 3 is 2.73 bits per heavy atom. The molecule has 1 aliphatic heterocycles. The number of nitrogens with two attached hydrogens (primary N) is 1. The van der Waals surface area contributed by atoms with E-state index in [9.17, 15) is 5.11 Å². The monoisotopic (exact) mass is 408 g/mol. The highest BCUT2D eigenvalue weighted by Crippen LogP contribution is 2.27. The molecule has 0 radical (unpaired) electrons. The molecule has 3 aromatic rings. The first-order valence-corrected chi connectivity index (χ1v) is 10.1. The summed E-state index contributed by atoms with van der Waals surface area (Å²) < 4.78 is 6.24. The van der Waals surface area contributed by atoms with Crippen molar-refractivity contribution in [2.24, 2.45) is 0 Å². The van der Waals surface area contributed by atoms with E-state index < -0.39 is 0 Å². The quantitative estimate of drug-likeness (QED) is 0.571. The zero-order valence-electron chi connectivity index (χ0n) is 16.8. The van der Waals surface area contributed by atoms with Crippen LogP contribution in [0.2, 0.25) is 0 Å². The van der Waals surface area contributed by atoms with Crippen LogP contribution in [0.4, 0.5) is 11.5 Å². The topological polar surface area (TPSA) is 83.6 Å². The van der Waals surface area contributed by atoms with Crippen molar-refractivity contribution in [3.05, 3.63) is 59.8 Å². The molecule has 0 saturated carbocycles. The van der Waals surface area contributed by atoms with Crippen molar-refractivity contribution in [3.63, 3.8) is 0 Å².